The molecule has 5 aromatic rings. The van der Waals surface area contributed by atoms with E-state index >= 15 is 0 Å². The number of nitrogens with zero attached hydrogens (tertiary/aromatic N) is 3. The van der Waals surface area contributed by atoms with Gasteiger partial charge >= 0.3 is 0 Å². The van der Waals surface area contributed by atoms with Crippen molar-refractivity contribution in [2.45, 2.75) is 13.0 Å². The molecule has 0 saturated heterocycles. The Hall–Kier alpha value is -4.45. The Bertz CT molecular complexity index is 1480. The molecule has 6 heteroatoms. The van der Waals surface area contributed by atoms with E-state index in [1.54, 1.807) is 24.3 Å². The number of para-hydroxylation sites is 3. The van der Waals surface area contributed by atoms with E-state index in [9.17, 15) is 9.90 Å². The number of aromatic nitrogens is 2. The zero-order valence-electron chi connectivity index (χ0n) is 17.8. The van der Waals surface area contributed by atoms with E-state index in [0.29, 0.717) is 12.0 Å². The maximum absolute atomic E-state index is 12.7. The van der Waals surface area contributed by atoms with Crippen LogP contribution in [0.2, 0.25) is 0 Å². The Morgan fingerprint density at radius 1 is 0.939 bits per heavy atom. The minimum atomic E-state index is -0.274. The zero-order chi connectivity index (χ0) is 22.6. The average Bonchev–Trinajstić information content (AvgIpc) is 3.17. The van der Waals surface area contributed by atoms with Gasteiger partial charge in [-0.15, -0.1) is 0 Å². The van der Waals surface area contributed by atoms with Crippen molar-refractivity contribution in [3.05, 3.63) is 108 Å². The van der Waals surface area contributed by atoms with Crippen LogP contribution in [0.15, 0.2) is 96.1 Å². The number of nitrogens with one attached hydrogen (secondary N) is 1. The van der Waals surface area contributed by atoms with Crippen molar-refractivity contribution < 1.29 is 9.90 Å². The lowest BCUT2D eigenvalue weighted by atomic mass is 10.0. The van der Waals surface area contributed by atoms with Crippen molar-refractivity contribution in [2.75, 3.05) is 0 Å². The minimum absolute atomic E-state index is 0.0821. The largest absolute Gasteiger partial charge is 0.507 e. The molecule has 33 heavy (non-hydrogen) atoms. The molecule has 2 N–H and O–H groups in total. The highest BCUT2D eigenvalue weighted by Crippen LogP contribution is 2.23. The van der Waals surface area contributed by atoms with Crippen molar-refractivity contribution >= 4 is 33.9 Å². The second-order valence-corrected chi connectivity index (χ2v) is 7.77. The van der Waals surface area contributed by atoms with E-state index in [1.165, 1.54) is 17.0 Å². The summed E-state index contributed by atoms with van der Waals surface area (Å²) in [6, 6.07) is 29.1. The summed E-state index contributed by atoms with van der Waals surface area (Å²) in [5, 5.41) is 16.2. The smallest absolute Gasteiger partial charge is 0.260 e. The maximum Gasteiger partial charge on any atom is 0.260 e. The average molecular weight is 434 g/mol. The van der Waals surface area contributed by atoms with Gasteiger partial charge in [0.2, 0.25) is 0 Å². The maximum atomic E-state index is 12.7. The molecule has 1 aromatic heterocycles. The lowest BCUT2D eigenvalue weighted by molar-refractivity contribution is -0.121. The molecule has 0 radical (unpaired) electrons. The van der Waals surface area contributed by atoms with Gasteiger partial charge in [0.05, 0.1) is 17.2 Å². The molecule has 0 atom stereocenters. The van der Waals surface area contributed by atoms with Crippen LogP contribution in [0.5, 0.6) is 5.75 Å². The summed E-state index contributed by atoms with van der Waals surface area (Å²) in [5.74, 6) is 0.643. The molecule has 5 rings (SSSR count). The number of hydrogen-bond donors (Lipinski definition) is 2. The highest BCUT2D eigenvalue weighted by atomic mass is 16.3. The number of aromatic hydroxyl groups is 1. The third kappa shape index (κ3) is 4.32. The number of carbonyl (C=O) groups is 1. The number of phenolic OH excluding ortho intramolecular Hbond substituents is 1. The van der Waals surface area contributed by atoms with Gasteiger partial charge in [-0.05, 0) is 40.6 Å². The van der Waals surface area contributed by atoms with Crippen LogP contribution in [0.25, 0.3) is 21.8 Å². The molecular weight excluding hydrogens is 412 g/mol. The Morgan fingerprint density at radius 3 is 2.61 bits per heavy atom. The highest BCUT2D eigenvalue weighted by Gasteiger charge is 2.15. The Balaban J connectivity index is 1.42. The number of phenols is 1. The van der Waals surface area contributed by atoms with Crippen LogP contribution in [0, 0.1) is 0 Å². The van der Waals surface area contributed by atoms with Crippen molar-refractivity contribution in [1.82, 2.24) is 15.0 Å². The van der Waals surface area contributed by atoms with Gasteiger partial charge in [-0.3, -0.25) is 4.79 Å². The second-order valence-electron chi connectivity index (χ2n) is 7.77. The number of fused-ring (bicyclic) bond motifs is 2. The van der Waals surface area contributed by atoms with E-state index in [-0.39, 0.29) is 18.2 Å². The summed E-state index contributed by atoms with van der Waals surface area (Å²) in [7, 11) is 0. The van der Waals surface area contributed by atoms with Crippen LogP contribution in [-0.4, -0.2) is 26.8 Å². The molecular formula is C27H22N4O2. The third-order valence-corrected chi connectivity index (χ3v) is 5.59. The van der Waals surface area contributed by atoms with Crippen molar-refractivity contribution in [2.24, 2.45) is 5.10 Å². The molecule has 0 saturated carbocycles. The Kier molecular flexibility index (Phi) is 5.55. The lowest BCUT2D eigenvalue weighted by Crippen LogP contribution is -2.24. The summed E-state index contributed by atoms with van der Waals surface area (Å²) in [6.45, 7) is 0.0821. The normalized spacial score (nSPS) is 11.4. The topological polar surface area (TPSA) is 79.5 Å². The monoisotopic (exact) mass is 434 g/mol. The second kappa shape index (κ2) is 8.96. The van der Waals surface area contributed by atoms with Crippen LogP contribution < -0.4 is 5.43 Å². The molecule has 1 amide bonds. The number of rotatable bonds is 6. The van der Waals surface area contributed by atoms with Gasteiger partial charge in [0.1, 0.15) is 18.1 Å². The fraction of sp³-hybridized carbons (Fsp3) is 0.0741. The number of hydrogen-bond acceptors (Lipinski definition) is 4. The number of hydrazone groups is 1. The molecule has 1 heterocycles. The standard InChI is InChI=1S/C27H22N4O2/c32-25-15-6-2-9-21(25)17-28-30-27(33)18-31-24-14-5-4-13-23(24)29-26(31)16-20-11-7-10-19-8-1-3-12-22(19)20/h1-15,17,32H,16,18H2,(H,30,33)/b28-17+. The SMILES string of the molecule is O=C(Cn1c(Cc2cccc3ccccc23)nc2ccccc21)N/N=C/c1ccccc1O. The van der Waals surface area contributed by atoms with E-state index in [2.05, 4.69) is 34.8 Å². The van der Waals surface area contributed by atoms with Gasteiger partial charge < -0.3 is 9.67 Å². The Morgan fingerprint density at radius 2 is 1.70 bits per heavy atom. The molecule has 0 aliphatic rings. The molecule has 0 spiro atoms. The first kappa shape index (κ1) is 20.5. The predicted octanol–water partition coefficient (Wildman–Crippen LogP) is 4.64. The molecule has 4 aromatic carbocycles. The van der Waals surface area contributed by atoms with E-state index in [4.69, 9.17) is 4.98 Å². The molecule has 0 aliphatic carbocycles. The molecule has 0 aliphatic heterocycles. The zero-order valence-corrected chi connectivity index (χ0v) is 17.8. The van der Waals surface area contributed by atoms with Crippen LogP contribution >= 0.6 is 0 Å². The molecule has 0 bridgehead atoms. The number of imidazole rings is 1. The summed E-state index contributed by atoms with van der Waals surface area (Å²) >= 11 is 0. The van der Waals surface area contributed by atoms with Crippen LogP contribution in [-0.2, 0) is 17.8 Å². The number of benzene rings is 4. The van der Waals surface area contributed by atoms with E-state index in [1.807, 2.05) is 47.0 Å². The van der Waals surface area contributed by atoms with Gasteiger partial charge in [-0.2, -0.15) is 5.10 Å². The first-order valence-corrected chi connectivity index (χ1v) is 10.7. The minimum Gasteiger partial charge on any atom is -0.507 e. The number of amides is 1. The predicted molar refractivity (Wildman–Crippen MR) is 130 cm³/mol. The first-order chi connectivity index (χ1) is 16.2. The van der Waals surface area contributed by atoms with Crippen LogP contribution in [0.1, 0.15) is 17.0 Å². The van der Waals surface area contributed by atoms with Crippen LogP contribution in [0.4, 0.5) is 0 Å². The lowest BCUT2D eigenvalue weighted by Gasteiger charge is -2.10. The number of carbonyl (C=O) groups excluding carboxylic acids is 1. The summed E-state index contributed by atoms with van der Waals surface area (Å²) < 4.78 is 1.93. The fourth-order valence-electron chi connectivity index (χ4n) is 4.00. The first-order valence-electron chi connectivity index (χ1n) is 10.7. The molecule has 6 nitrogen and oxygen atoms in total. The highest BCUT2D eigenvalue weighted by molar-refractivity contribution is 5.87. The van der Waals surface area contributed by atoms with Crippen molar-refractivity contribution in [3.63, 3.8) is 0 Å². The van der Waals surface area contributed by atoms with E-state index < -0.39 is 0 Å². The van der Waals surface area contributed by atoms with Gasteiger partial charge in [-0.1, -0.05) is 66.7 Å². The van der Waals surface area contributed by atoms with Gasteiger partial charge in [-0.25, -0.2) is 10.4 Å². The van der Waals surface area contributed by atoms with Gasteiger partial charge in [0, 0.05) is 12.0 Å². The summed E-state index contributed by atoms with van der Waals surface area (Å²) in [4.78, 5) is 17.5. The van der Waals surface area contributed by atoms with E-state index in [0.717, 1.165) is 22.4 Å². The van der Waals surface area contributed by atoms with Gasteiger partial charge in [0.25, 0.3) is 5.91 Å². The van der Waals surface area contributed by atoms with Crippen molar-refractivity contribution in [1.29, 1.82) is 0 Å². The molecule has 162 valence electrons. The summed E-state index contributed by atoms with van der Waals surface area (Å²) in [5.41, 5.74) is 5.98. The third-order valence-electron chi connectivity index (χ3n) is 5.59. The quantitative estimate of drug-likeness (QED) is 0.302. The summed E-state index contributed by atoms with van der Waals surface area (Å²) in [6.07, 6.45) is 2.03. The van der Waals surface area contributed by atoms with Gasteiger partial charge in [0.15, 0.2) is 0 Å². The Labute approximate surface area is 190 Å². The fourth-order valence-corrected chi connectivity index (χ4v) is 4.00. The van der Waals surface area contributed by atoms with Crippen LogP contribution in [0.3, 0.4) is 0 Å². The molecule has 0 unspecified atom stereocenters. The molecule has 0 fully saturated rings. The van der Waals surface area contributed by atoms with Crippen molar-refractivity contribution in [3.8, 4) is 5.75 Å².